The molecule has 0 spiro atoms. The fourth-order valence-corrected chi connectivity index (χ4v) is 3.83. The zero-order chi connectivity index (χ0) is 12.0. The van der Waals surface area contributed by atoms with Crippen molar-refractivity contribution in [2.24, 2.45) is 22.7 Å². The van der Waals surface area contributed by atoms with Crippen molar-refractivity contribution in [1.82, 2.24) is 0 Å². The van der Waals surface area contributed by atoms with Crippen molar-refractivity contribution in [3.05, 3.63) is 12.7 Å². The smallest absolute Gasteiger partial charge is 0.313 e. The number of carbonyl (C=O) groups is 1. The van der Waals surface area contributed by atoms with E-state index in [1.54, 1.807) is 6.08 Å². The summed E-state index contributed by atoms with van der Waals surface area (Å²) in [5, 5.41) is 0. The molecule has 2 aliphatic rings. The van der Waals surface area contributed by atoms with Gasteiger partial charge < -0.3 is 4.74 Å². The molecule has 0 aliphatic heterocycles. The normalized spacial score (nSPS) is 39.7. The van der Waals surface area contributed by atoms with Crippen LogP contribution in [0.3, 0.4) is 0 Å². The number of fused-ring (bicyclic) bond motifs is 1. The summed E-state index contributed by atoms with van der Waals surface area (Å²) in [4.78, 5) is 12.2. The fraction of sp³-hybridized carbons (Fsp3) is 0.786. The lowest BCUT2D eigenvalue weighted by molar-refractivity contribution is -0.152. The Labute approximate surface area is 98.1 Å². The van der Waals surface area contributed by atoms with Crippen LogP contribution in [-0.4, -0.2) is 12.6 Å². The second kappa shape index (κ2) is 3.61. The number of hydrogen-bond donors (Lipinski definition) is 0. The van der Waals surface area contributed by atoms with Gasteiger partial charge in [0.2, 0.25) is 0 Å². The quantitative estimate of drug-likeness (QED) is 0.541. The molecule has 2 rings (SSSR count). The number of carbonyl (C=O) groups excluding carboxylic acids is 1. The standard InChI is InChI=1S/C14H22O2/c1-5-8-16-12(15)14-9-10(2)6-7-11(14)13(14,3)4/h5,10-11H,1,6-9H2,2-4H3. The van der Waals surface area contributed by atoms with E-state index in [0.29, 0.717) is 18.4 Å². The lowest BCUT2D eigenvalue weighted by atomic mass is 9.80. The molecule has 3 unspecified atom stereocenters. The maximum atomic E-state index is 12.2. The van der Waals surface area contributed by atoms with Crippen molar-refractivity contribution in [2.45, 2.75) is 40.0 Å². The van der Waals surface area contributed by atoms with Crippen LogP contribution in [0.4, 0.5) is 0 Å². The average molecular weight is 222 g/mol. The van der Waals surface area contributed by atoms with Gasteiger partial charge in [-0.3, -0.25) is 4.79 Å². The van der Waals surface area contributed by atoms with E-state index >= 15 is 0 Å². The molecule has 0 aromatic heterocycles. The molecule has 0 heterocycles. The maximum Gasteiger partial charge on any atom is 0.313 e. The highest BCUT2D eigenvalue weighted by molar-refractivity contribution is 5.83. The maximum absolute atomic E-state index is 12.2. The summed E-state index contributed by atoms with van der Waals surface area (Å²) in [6.45, 7) is 10.6. The largest absolute Gasteiger partial charge is 0.461 e. The number of ether oxygens (including phenoxy) is 1. The lowest BCUT2D eigenvalue weighted by Crippen LogP contribution is -2.29. The minimum atomic E-state index is -0.187. The number of hydrogen-bond acceptors (Lipinski definition) is 2. The minimum absolute atomic E-state index is 0.00829. The molecule has 0 amide bonds. The number of esters is 1. The van der Waals surface area contributed by atoms with Crippen molar-refractivity contribution in [3.8, 4) is 0 Å². The predicted octanol–water partition coefficient (Wildman–Crippen LogP) is 3.18. The third-order valence-corrected chi connectivity index (χ3v) is 4.85. The van der Waals surface area contributed by atoms with Crippen LogP contribution in [0.2, 0.25) is 0 Å². The Balaban J connectivity index is 2.16. The Morgan fingerprint density at radius 3 is 2.81 bits per heavy atom. The van der Waals surface area contributed by atoms with Crippen molar-refractivity contribution in [1.29, 1.82) is 0 Å². The van der Waals surface area contributed by atoms with E-state index in [2.05, 4.69) is 27.4 Å². The van der Waals surface area contributed by atoms with Crippen LogP contribution in [-0.2, 0) is 9.53 Å². The van der Waals surface area contributed by atoms with Gasteiger partial charge in [0.1, 0.15) is 6.61 Å². The minimum Gasteiger partial charge on any atom is -0.461 e. The van der Waals surface area contributed by atoms with Gasteiger partial charge in [0.25, 0.3) is 0 Å². The Bertz CT molecular complexity index is 319. The second-order valence-electron chi connectivity index (χ2n) is 6.02. The summed E-state index contributed by atoms with van der Waals surface area (Å²) in [5.74, 6) is 1.19. The first kappa shape index (κ1) is 11.7. The molecule has 0 aromatic rings. The van der Waals surface area contributed by atoms with Crippen LogP contribution >= 0.6 is 0 Å². The Morgan fingerprint density at radius 2 is 2.19 bits per heavy atom. The van der Waals surface area contributed by atoms with Crippen molar-refractivity contribution in [2.75, 3.05) is 6.61 Å². The molecule has 3 atom stereocenters. The van der Waals surface area contributed by atoms with E-state index in [-0.39, 0.29) is 16.8 Å². The zero-order valence-electron chi connectivity index (χ0n) is 10.6. The van der Waals surface area contributed by atoms with E-state index in [1.807, 2.05) is 0 Å². The zero-order valence-corrected chi connectivity index (χ0v) is 10.6. The molecule has 16 heavy (non-hydrogen) atoms. The topological polar surface area (TPSA) is 26.3 Å². The van der Waals surface area contributed by atoms with Gasteiger partial charge >= 0.3 is 5.97 Å². The van der Waals surface area contributed by atoms with Crippen molar-refractivity contribution >= 4 is 5.97 Å². The Kier molecular flexibility index (Phi) is 2.64. The van der Waals surface area contributed by atoms with Gasteiger partial charge in [-0.1, -0.05) is 39.8 Å². The van der Waals surface area contributed by atoms with Gasteiger partial charge in [0.15, 0.2) is 0 Å². The van der Waals surface area contributed by atoms with Gasteiger partial charge in [-0.05, 0) is 30.1 Å². The SMILES string of the molecule is C=CCOC(=O)C12CC(C)CCC1C2(C)C. The summed E-state index contributed by atoms with van der Waals surface area (Å²) in [5.41, 5.74) is -0.0519. The van der Waals surface area contributed by atoms with Crippen LogP contribution in [0.1, 0.15) is 40.0 Å². The molecule has 2 saturated carbocycles. The molecular weight excluding hydrogens is 200 g/mol. The molecule has 0 aromatic carbocycles. The molecule has 0 radical (unpaired) electrons. The van der Waals surface area contributed by atoms with Crippen LogP contribution < -0.4 is 0 Å². The monoisotopic (exact) mass is 222 g/mol. The third-order valence-electron chi connectivity index (χ3n) is 4.85. The van der Waals surface area contributed by atoms with Gasteiger partial charge in [-0.2, -0.15) is 0 Å². The molecule has 2 nitrogen and oxygen atoms in total. The summed E-state index contributed by atoms with van der Waals surface area (Å²) in [7, 11) is 0. The van der Waals surface area contributed by atoms with E-state index in [9.17, 15) is 4.79 Å². The predicted molar refractivity (Wildman–Crippen MR) is 63.9 cm³/mol. The summed E-state index contributed by atoms with van der Waals surface area (Å²) < 4.78 is 5.30. The van der Waals surface area contributed by atoms with E-state index < -0.39 is 0 Å². The highest BCUT2D eigenvalue weighted by atomic mass is 16.5. The molecule has 0 N–H and O–H groups in total. The molecular formula is C14H22O2. The summed E-state index contributed by atoms with van der Waals surface area (Å²) in [6, 6.07) is 0. The van der Waals surface area contributed by atoms with E-state index in [4.69, 9.17) is 4.74 Å². The third kappa shape index (κ3) is 1.35. The second-order valence-corrected chi connectivity index (χ2v) is 6.02. The highest BCUT2D eigenvalue weighted by Crippen LogP contribution is 2.75. The van der Waals surface area contributed by atoms with Gasteiger partial charge in [-0.25, -0.2) is 0 Å². The first-order chi connectivity index (χ1) is 7.46. The van der Waals surface area contributed by atoms with Crippen LogP contribution in [0, 0.1) is 22.7 Å². The summed E-state index contributed by atoms with van der Waals surface area (Å²) >= 11 is 0. The van der Waals surface area contributed by atoms with Crippen LogP contribution in [0.5, 0.6) is 0 Å². The fourth-order valence-electron chi connectivity index (χ4n) is 3.83. The lowest BCUT2D eigenvalue weighted by Gasteiger charge is -2.25. The Morgan fingerprint density at radius 1 is 1.50 bits per heavy atom. The van der Waals surface area contributed by atoms with E-state index in [1.165, 1.54) is 12.8 Å². The molecule has 0 saturated heterocycles. The molecule has 2 aliphatic carbocycles. The van der Waals surface area contributed by atoms with Gasteiger partial charge in [0, 0.05) is 0 Å². The van der Waals surface area contributed by atoms with E-state index in [0.717, 1.165) is 6.42 Å². The summed E-state index contributed by atoms with van der Waals surface area (Å²) in [6.07, 6.45) is 5.08. The average Bonchev–Trinajstić information content (AvgIpc) is 2.73. The van der Waals surface area contributed by atoms with Crippen molar-refractivity contribution in [3.63, 3.8) is 0 Å². The molecule has 2 heteroatoms. The molecule has 90 valence electrons. The molecule has 0 bridgehead atoms. The van der Waals surface area contributed by atoms with Gasteiger partial charge in [-0.15, -0.1) is 0 Å². The first-order valence-electron chi connectivity index (χ1n) is 6.25. The Hall–Kier alpha value is -0.790. The van der Waals surface area contributed by atoms with Crippen LogP contribution in [0.15, 0.2) is 12.7 Å². The van der Waals surface area contributed by atoms with Crippen molar-refractivity contribution < 1.29 is 9.53 Å². The van der Waals surface area contributed by atoms with Gasteiger partial charge in [0.05, 0.1) is 5.41 Å². The number of rotatable bonds is 3. The first-order valence-corrected chi connectivity index (χ1v) is 6.25. The van der Waals surface area contributed by atoms with Crippen LogP contribution in [0.25, 0.3) is 0 Å². The molecule has 2 fully saturated rings. The highest BCUT2D eigenvalue weighted by Gasteiger charge is 2.76.